The fourth-order valence-corrected chi connectivity index (χ4v) is 5.31. The van der Waals surface area contributed by atoms with Gasteiger partial charge in [0.25, 0.3) is 11.7 Å². The zero-order valence-corrected chi connectivity index (χ0v) is 15.8. The summed E-state index contributed by atoms with van der Waals surface area (Å²) in [5.41, 5.74) is 1.81. The average Bonchev–Trinajstić information content (AvgIpc) is 3.19. The molecular formula is C17H19N5OS2. The summed E-state index contributed by atoms with van der Waals surface area (Å²) in [7, 11) is 0. The van der Waals surface area contributed by atoms with Gasteiger partial charge in [-0.1, -0.05) is 6.07 Å². The van der Waals surface area contributed by atoms with Crippen LogP contribution < -0.4 is 0 Å². The van der Waals surface area contributed by atoms with E-state index in [0.29, 0.717) is 11.0 Å². The number of thiophene rings is 1. The molecular weight excluding hydrogens is 354 g/mol. The van der Waals surface area contributed by atoms with Crippen LogP contribution in [0.5, 0.6) is 0 Å². The molecule has 1 atom stereocenters. The van der Waals surface area contributed by atoms with E-state index >= 15 is 0 Å². The minimum Gasteiger partial charge on any atom is -0.335 e. The number of thioether (sulfide) groups is 1. The molecule has 1 fully saturated rings. The van der Waals surface area contributed by atoms with Crippen molar-refractivity contribution in [1.82, 2.24) is 24.5 Å². The normalized spacial score (nSPS) is 18.5. The van der Waals surface area contributed by atoms with Gasteiger partial charge in [-0.05, 0) is 37.8 Å². The van der Waals surface area contributed by atoms with Crippen molar-refractivity contribution in [2.24, 2.45) is 0 Å². The first kappa shape index (κ1) is 16.5. The summed E-state index contributed by atoms with van der Waals surface area (Å²) in [5, 5.41) is 6.96. The predicted octanol–water partition coefficient (Wildman–Crippen LogP) is 3.12. The first-order valence-electron chi connectivity index (χ1n) is 8.27. The molecule has 0 N–H and O–H groups in total. The van der Waals surface area contributed by atoms with Crippen molar-refractivity contribution in [3.05, 3.63) is 45.7 Å². The third-order valence-corrected chi connectivity index (χ3v) is 6.74. The van der Waals surface area contributed by atoms with Gasteiger partial charge in [-0.3, -0.25) is 4.79 Å². The van der Waals surface area contributed by atoms with Crippen LogP contribution >= 0.6 is 23.1 Å². The highest BCUT2D eigenvalue weighted by molar-refractivity contribution is 7.99. The second-order valence-electron chi connectivity index (χ2n) is 6.14. The zero-order chi connectivity index (χ0) is 17.4. The Morgan fingerprint density at radius 3 is 2.96 bits per heavy atom. The summed E-state index contributed by atoms with van der Waals surface area (Å²) in [4.78, 5) is 24.8. The molecule has 4 rings (SSSR count). The van der Waals surface area contributed by atoms with Crippen molar-refractivity contribution in [3.63, 3.8) is 0 Å². The molecule has 6 nitrogen and oxygen atoms in total. The summed E-state index contributed by atoms with van der Waals surface area (Å²) in [6.45, 7) is 5.32. The molecule has 25 heavy (non-hydrogen) atoms. The molecule has 1 saturated heterocycles. The molecule has 130 valence electrons. The highest BCUT2D eigenvalue weighted by Crippen LogP contribution is 2.36. The van der Waals surface area contributed by atoms with E-state index in [4.69, 9.17) is 0 Å². The summed E-state index contributed by atoms with van der Waals surface area (Å²) >= 11 is 3.72. The van der Waals surface area contributed by atoms with Crippen molar-refractivity contribution in [3.8, 4) is 0 Å². The van der Waals surface area contributed by atoms with Crippen molar-refractivity contribution < 1.29 is 4.79 Å². The molecule has 0 bridgehead atoms. The number of amides is 1. The van der Waals surface area contributed by atoms with Crippen molar-refractivity contribution in [2.75, 3.05) is 18.8 Å². The molecule has 8 heteroatoms. The molecule has 1 aliphatic heterocycles. The standard InChI is InChI=1S/C17H19N5OS2/c1-11-10-12(2)22-17(18-11)19-15(20-22)16(23)21-6-5-14(25-9-7-21)13-4-3-8-24-13/h3-4,8,10,14H,5-7,9H2,1-2H3/t14-/m0/s1. The Morgan fingerprint density at radius 2 is 2.16 bits per heavy atom. The maximum Gasteiger partial charge on any atom is 0.293 e. The van der Waals surface area contributed by atoms with Crippen LogP contribution in [0, 0.1) is 13.8 Å². The van der Waals surface area contributed by atoms with Gasteiger partial charge in [0.2, 0.25) is 5.82 Å². The lowest BCUT2D eigenvalue weighted by Gasteiger charge is -2.18. The molecule has 0 aromatic carbocycles. The SMILES string of the molecule is Cc1cc(C)n2nc(C(=O)N3CCS[C@H](c4cccs4)CC3)nc2n1. The summed E-state index contributed by atoms with van der Waals surface area (Å²) < 4.78 is 1.64. The Balaban J connectivity index is 1.54. The average molecular weight is 374 g/mol. The third-order valence-electron chi connectivity index (χ3n) is 4.30. The van der Waals surface area contributed by atoms with E-state index in [1.54, 1.807) is 15.9 Å². The number of carbonyl (C=O) groups is 1. The quantitative estimate of drug-likeness (QED) is 0.691. The Kier molecular flexibility index (Phi) is 4.47. The number of carbonyl (C=O) groups excluding carboxylic acids is 1. The van der Waals surface area contributed by atoms with Crippen LogP contribution in [0.1, 0.15) is 38.6 Å². The summed E-state index contributed by atoms with van der Waals surface area (Å²) in [6.07, 6.45) is 0.959. The van der Waals surface area contributed by atoms with Crippen LogP contribution in [0.25, 0.3) is 5.78 Å². The van der Waals surface area contributed by atoms with E-state index in [1.807, 2.05) is 36.6 Å². The summed E-state index contributed by atoms with van der Waals surface area (Å²) in [6, 6.07) is 6.21. The minimum atomic E-state index is -0.102. The molecule has 1 aliphatic rings. The van der Waals surface area contributed by atoms with Crippen LogP contribution in [0.15, 0.2) is 23.6 Å². The van der Waals surface area contributed by atoms with Crippen LogP contribution in [-0.4, -0.2) is 49.2 Å². The molecule has 0 unspecified atom stereocenters. The van der Waals surface area contributed by atoms with Gasteiger partial charge in [-0.25, -0.2) is 9.50 Å². The van der Waals surface area contributed by atoms with Crippen LogP contribution in [0.4, 0.5) is 0 Å². The summed E-state index contributed by atoms with van der Waals surface area (Å²) in [5.74, 6) is 1.55. The lowest BCUT2D eigenvalue weighted by Crippen LogP contribution is -2.33. The lowest BCUT2D eigenvalue weighted by atomic mass is 10.2. The zero-order valence-electron chi connectivity index (χ0n) is 14.2. The predicted molar refractivity (Wildman–Crippen MR) is 100 cm³/mol. The van der Waals surface area contributed by atoms with Gasteiger partial charge in [0.15, 0.2) is 0 Å². The van der Waals surface area contributed by atoms with Gasteiger partial charge in [-0.2, -0.15) is 16.7 Å². The highest BCUT2D eigenvalue weighted by Gasteiger charge is 2.26. The minimum absolute atomic E-state index is 0.102. The number of aryl methyl sites for hydroxylation is 2. The molecule has 0 spiro atoms. The van der Waals surface area contributed by atoms with E-state index in [1.165, 1.54) is 4.88 Å². The van der Waals surface area contributed by atoms with E-state index in [-0.39, 0.29) is 11.7 Å². The Bertz CT molecular complexity index is 905. The fourth-order valence-electron chi connectivity index (χ4n) is 3.07. The van der Waals surface area contributed by atoms with Crippen molar-refractivity contribution in [1.29, 1.82) is 0 Å². The smallest absolute Gasteiger partial charge is 0.293 e. The van der Waals surface area contributed by atoms with Gasteiger partial charge >= 0.3 is 0 Å². The Morgan fingerprint density at radius 1 is 1.28 bits per heavy atom. The van der Waals surface area contributed by atoms with Gasteiger partial charge in [0.05, 0.1) is 0 Å². The van der Waals surface area contributed by atoms with E-state index < -0.39 is 0 Å². The second-order valence-corrected chi connectivity index (χ2v) is 8.43. The number of rotatable bonds is 2. The van der Waals surface area contributed by atoms with Crippen LogP contribution in [-0.2, 0) is 0 Å². The highest BCUT2D eigenvalue weighted by atomic mass is 32.2. The Labute approximate surface area is 154 Å². The molecule has 0 saturated carbocycles. The maximum atomic E-state index is 12.9. The molecule has 3 aromatic rings. The van der Waals surface area contributed by atoms with Gasteiger partial charge < -0.3 is 4.90 Å². The molecule has 3 aromatic heterocycles. The third kappa shape index (κ3) is 3.28. The molecule has 0 aliphatic carbocycles. The lowest BCUT2D eigenvalue weighted by molar-refractivity contribution is 0.0754. The maximum absolute atomic E-state index is 12.9. The molecule has 1 amide bonds. The molecule has 4 heterocycles. The number of nitrogens with zero attached hydrogens (tertiary/aromatic N) is 5. The van der Waals surface area contributed by atoms with Crippen molar-refractivity contribution in [2.45, 2.75) is 25.5 Å². The number of hydrogen-bond acceptors (Lipinski definition) is 6. The van der Waals surface area contributed by atoms with Crippen LogP contribution in [0.3, 0.4) is 0 Å². The first-order valence-corrected chi connectivity index (χ1v) is 10.2. The first-order chi connectivity index (χ1) is 12.1. The van der Waals surface area contributed by atoms with Crippen LogP contribution in [0.2, 0.25) is 0 Å². The fraction of sp³-hybridized carbons (Fsp3) is 0.412. The largest absolute Gasteiger partial charge is 0.335 e. The number of hydrogen-bond donors (Lipinski definition) is 0. The van der Waals surface area contributed by atoms with Gasteiger partial charge in [-0.15, -0.1) is 16.4 Å². The number of aromatic nitrogens is 4. The number of fused-ring (bicyclic) bond motifs is 1. The molecule has 0 radical (unpaired) electrons. The van der Waals surface area contributed by atoms with E-state index in [9.17, 15) is 4.79 Å². The van der Waals surface area contributed by atoms with Gasteiger partial charge in [0.1, 0.15) is 0 Å². The topological polar surface area (TPSA) is 63.4 Å². The van der Waals surface area contributed by atoms with E-state index in [0.717, 1.165) is 36.7 Å². The van der Waals surface area contributed by atoms with Crippen molar-refractivity contribution >= 4 is 34.8 Å². The second kappa shape index (κ2) is 6.76. The monoisotopic (exact) mass is 373 g/mol. The Hall–Kier alpha value is -1.93. The van der Waals surface area contributed by atoms with E-state index in [2.05, 4.69) is 32.6 Å². The van der Waals surface area contributed by atoms with Gasteiger partial charge in [0, 0.05) is 40.4 Å².